The van der Waals surface area contributed by atoms with E-state index >= 15 is 0 Å². The summed E-state index contributed by atoms with van der Waals surface area (Å²) in [5.74, 6) is 0. The maximum absolute atomic E-state index is 4.85. The highest BCUT2D eigenvalue weighted by molar-refractivity contribution is 7.26. The molecule has 226 valence electrons. The molecule has 48 heavy (non-hydrogen) atoms. The van der Waals surface area contributed by atoms with Crippen molar-refractivity contribution in [2.45, 2.75) is 0 Å². The van der Waals surface area contributed by atoms with Crippen LogP contribution in [0, 0.1) is 0 Å². The molecule has 0 saturated carbocycles. The van der Waals surface area contributed by atoms with Crippen LogP contribution in [0.3, 0.4) is 0 Å². The first-order valence-corrected chi connectivity index (χ1v) is 17.0. The molecule has 0 N–H and O–H groups in total. The van der Waals surface area contributed by atoms with Gasteiger partial charge in [-0.1, -0.05) is 133 Å². The third-order valence-corrected chi connectivity index (χ3v) is 10.2. The Balaban J connectivity index is 1.32. The smallest absolute Gasteiger partial charge is 0.0738 e. The Bertz CT molecular complexity index is 2540. The summed E-state index contributed by atoms with van der Waals surface area (Å²) in [5.41, 5.74) is 10.3. The molecule has 9 rings (SSSR count). The number of hydrogen-bond donors (Lipinski definition) is 0. The highest BCUT2D eigenvalue weighted by Crippen LogP contribution is 2.48. The monoisotopic (exact) mass is 630 g/mol. The van der Waals surface area contributed by atoms with Gasteiger partial charge in [0.15, 0.2) is 0 Å². The topological polar surface area (TPSA) is 16.1 Å². The lowest BCUT2D eigenvalue weighted by molar-refractivity contribution is 1.26. The largest absolute Gasteiger partial charge is 0.308 e. The standard InChI is InChI=1S/C45H30N2S/c1-4-12-31(13-5-1)33-20-23-38(24-21-33)47(41-25-22-37(32-14-6-2-7-15-32)26-39(41)34-16-8-3-9-17-34)42-29-46-30-44-45(42)40-27-35-18-10-11-19-36(35)28-43(40)48-44/h1-30H. The SMILES string of the molecule is c1ccc(-c2ccc(N(c3ccc(-c4ccccc4)cc3-c3ccccc3)c3cncc4sc5cc6ccccc6cc5c34)cc2)cc1. The molecular weight excluding hydrogens is 601 g/mol. The van der Waals surface area contributed by atoms with Crippen molar-refractivity contribution in [1.82, 2.24) is 4.98 Å². The van der Waals surface area contributed by atoms with Gasteiger partial charge in [0.2, 0.25) is 0 Å². The number of thiophene rings is 1. The van der Waals surface area contributed by atoms with Gasteiger partial charge in [0.25, 0.3) is 0 Å². The van der Waals surface area contributed by atoms with E-state index in [0.29, 0.717) is 0 Å². The van der Waals surface area contributed by atoms with Crippen LogP contribution < -0.4 is 4.90 Å². The summed E-state index contributed by atoms with van der Waals surface area (Å²) < 4.78 is 2.44. The van der Waals surface area contributed by atoms with Crippen molar-refractivity contribution in [2.75, 3.05) is 4.90 Å². The molecule has 0 radical (unpaired) electrons. The minimum atomic E-state index is 1.06. The predicted molar refractivity (Wildman–Crippen MR) is 206 cm³/mol. The third-order valence-electron chi connectivity index (χ3n) is 9.13. The number of fused-ring (bicyclic) bond motifs is 4. The molecule has 0 aliphatic carbocycles. The zero-order chi connectivity index (χ0) is 31.9. The molecule has 0 saturated heterocycles. The average molecular weight is 631 g/mol. The Morgan fingerprint density at radius 2 is 0.979 bits per heavy atom. The summed E-state index contributed by atoms with van der Waals surface area (Å²) in [4.78, 5) is 7.26. The second-order valence-electron chi connectivity index (χ2n) is 12.0. The van der Waals surface area contributed by atoms with Crippen LogP contribution >= 0.6 is 11.3 Å². The van der Waals surface area contributed by atoms with Crippen molar-refractivity contribution < 1.29 is 0 Å². The molecule has 2 aromatic heterocycles. The summed E-state index contributed by atoms with van der Waals surface area (Å²) in [6.45, 7) is 0. The maximum Gasteiger partial charge on any atom is 0.0738 e. The Hall–Kier alpha value is -6.03. The molecule has 0 unspecified atom stereocenters. The summed E-state index contributed by atoms with van der Waals surface area (Å²) in [7, 11) is 0. The van der Waals surface area contributed by atoms with Gasteiger partial charge in [-0.15, -0.1) is 11.3 Å². The fourth-order valence-electron chi connectivity index (χ4n) is 6.80. The molecule has 0 aliphatic rings. The Morgan fingerprint density at radius 1 is 0.417 bits per heavy atom. The summed E-state index contributed by atoms with van der Waals surface area (Å²) in [6, 6.07) is 61.0. The molecule has 9 aromatic rings. The third kappa shape index (κ3) is 5.02. The summed E-state index contributed by atoms with van der Waals surface area (Å²) >= 11 is 1.81. The molecule has 2 nitrogen and oxygen atoms in total. The molecular formula is C45H30N2S. The molecule has 0 aliphatic heterocycles. The lowest BCUT2D eigenvalue weighted by Gasteiger charge is -2.29. The van der Waals surface area contributed by atoms with Gasteiger partial charge < -0.3 is 4.90 Å². The number of pyridine rings is 1. The Kier molecular flexibility index (Phi) is 7.03. The van der Waals surface area contributed by atoms with E-state index in [1.165, 1.54) is 53.2 Å². The minimum absolute atomic E-state index is 1.06. The lowest BCUT2D eigenvalue weighted by atomic mass is 9.96. The van der Waals surface area contributed by atoms with Gasteiger partial charge in [0.05, 0.1) is 22.3 Å². The van der Waals surface area contributed by atoms with Gasteiger partial charge in [-0.25, -0.2) is 0 Å². The number of hydrogen-bond acceptors (Lipinski definition) is 3. The molecule has 0 bridgehead atoms. The highest BCUT2D eigenvalue weighted by atomic mass is 32.1. The van der Waals surface area contributed by atoms with E-state index in [0.717, 1.165) is 28.2 Å². The van der Waals surface area contributed by atoms with Crippen molar-refractivity contribution in [3.8, 4) is 33.4 Å². The van der Waals surface area contributed by atoms with E-state index in [-0.39, 0.29) is 0 Å². The molecule has 0 atom stereocenters. The first-order chi connectivity index (χ1) is 23.8. The van der Waals surface area contributed by atoms with E-state index < -0.39 is 0 Å². The fourth-order valence-corrected chi connectivity index (χ4v) is 7.92. The Labute approximate surface area is 283 Å². The van der Waals surface area contributed by atoms with Crippen LogP contribution in [-0.2, 0) is 0 Å². The first-order valence-electron chi connectivity index (χ1n) is 16.2. The van der Waals surface area contributed by atoms with Gasteiger partial charge in [0, 0.05) is 32.9 Å². The van der Waals surface area contributed by atoms with Crippen molar-refractivity contribution in [2.24, 2.45) is 0 Å². The second-order valence-corrected chi connectivity index (χ2v) is 13.1. The van der Waals surface area contributed by atoms with Crippen molar-refractivity contribution in [1.29, 1.82) is 0 Å². The van der Waals surface area contributed by atoms with Gasteiger partial charge in [-0.3, -0.25) is 4.98 Å². The molecule has 0 amide bonds. The predicted octanol–water partition coefficient (Wildman–Crippen LogP) is 13.1. The van der Waals surface area contributed by atoms with Crippen molar-refractivity contribution in [3.63, 3.8) is 0 Å². The number of rotatable bonds is 6. The normalized spacial score (nSPS) is 11.3. The van der Waals surface area contributed by atoms with Crippen LogP contribution in [-0.4, -0.2) is 4.98 Å². The molecule has 0 spiro atoms. The van der Waals surface area contributed by atoms with Crippen LogP contribution in [0.4, 0.5) is 17.1 Å². The number of nitrogens with zero attached hydrogens (tertiary/aromatic N) is 2. The molecule has 2 heterocycles. The quantitative estimate of drug-likeness (QED) is 0.182. The summed E-state index contributed by atoms with van der Waals surface area (Å²) in [5, 5.41) is 4.96. The Morgan fingerprint density at radius 3 is 1.67 bits per heavy atom. The summed E-state index contributed by atoms with van der Waals surface area (Å²) in [6.07, 6.45) is 4.05. The zero-order valence-corrected chi connectivity index (χ0v) is 26.9. The number of anilines is 3. The van der Waals surface area contributed by atoms with Crippen LogP contribution in [0.5, 0.6) is 0 Å². The first kappa shape index (κ1) is 28.2. The van der Waals surface area contributed by atoms with Crippen LogP contribution in [0.2, 0.25) is 0 Å². The van der Waals surface area contributed by atoms with E-state index in [1.807, 2.05) is 23.7 Å². The zero-order valence-electron chi connectivity index (χ0n) is 26.1. The van der Waals surface area contributed by atoms with E-state index in [1.54, 1.807) is 0 Å². The van der Waals surface area contributed by atoms with Crippen molar-refractivity contribution >= 4 is 59.3 Å². The maximum atomic E-state index is 4.85. The van der Waals surface area contributed by atoms with Gasteiger partial charge in [0.1, 0.15) is 0 Å². The molecule has 0 fully saturated rings. The highest BCUT2D eigenvalue weighted by Gasteiger charge is 2.22. The lowest BCUT2D eigenvalue weighted by Crippen LogP contribution is -2.12. The minimum Gasteiger partial charge on any atom is -0.308 e. The average Bonchev–Trinajstić information content (AvgIpc) is 3.53. The van der Waals surface area contributed by atoms with Crippen LogP contribution in [0.25, 0.3) is 64.3 Å². The van der Waals surface area contributed by atoms with Gasteiger partial charge >= 0.3 is 0 Å². The fraction of sp³-hybridized carbons (Fsp3) is 0. The molecule has 7 aromatic carbocycles. The van der Waals surface area contributed by atoms with Crippen LogP contribution in [0.1, 0.15) is 0 Å². The van der Waals surface area contributed by atoms with E-state index in [4.69, 9.17) is 4.98 Å². The molecule has 3 heteroatoms. The van der Waals surface area contributed by atoms with E-state index in [9.17, 15) is 0 Å². The number of aromatic nitrogens is 1. The van der Waals surface area contributed by atoms with Crippen LogP contribution in [0.15, 0.2) is 182 Å². The second kappa shape index (κ2) is 12.0. The van der Waals surface area contributed by atoms with Gasteiger partial charge in [-0.05, 0) is 75.0 Å². The van der Waals surface area contributed by atoms with Gasteiger partial charge in [-0.2, -0.15) is 0 Å². The van der Waals surface area contributed by atoms with Crippen molar-refractivity contribution in [3.05, 3.63) is 182 Å². The number of benzene rings is 7. The van der Waals surface area contributed by atoms with E-state index in [2.05, 4.69) is 175 Å².